The standard InChI is InChI=1S/C18H17N3O3/c1-19-18(24)14-10-16(22)21(11-12-6-8-20-9-7-12)15-5-3-2-4-13(15)17(14)23/h2-9,23H,10-11H2,1H3,(H,19,24). The van der Waals surface area contributed by atoms with Gasteiger partial charge in [0.1, 0.15) is 5.76 Å². The minimum Gasteiger partial charge on any atom is -0.507 e. The van der Waals surface area contributed by atoms with Crippen molar-refractivity contribution in [1.82, 2.24) is 10.3 Å². The third kappa shape index (κ3) is 2.86. The molecule has 0 bridgehead atoms. The fraction of sp³-hybridized carbons (Fsp3) is 0.167. The summed E-state index contributed by atoms with van der Waals surface area (Å²) in [7, 11) is 1.47. The second kappa shape index (κ2) is 6.54. The highest BCUT2D eigenvalue weighted by molar-refractivity contribution is 6.10. The summed E-state index contributed by atoms with van der Waals surface area (Å²) in [6.45, 7) is 0.340. The van der Waals surface area contributed by atoms with Gasteiger partial charge in [0, 0.05) is 25.0 Å². The zero-order chi connectivity index (χ0) is 17.1. The number of para-hydroxylation sites is 1. The van der Waals surface area contributed by atoms with E-state index < -0.39 is 5.91 Å². The van der Waals surface area contributed by atoms with Gasteiger partial charge in [0.2, 0.25) is 5.91 Å². The van der Waals surface area contributed by atoms with Crippen molar-refractivity contribution >= 4 is 23.3 Å². The van der Waals surface area contributed by atoms with Crippen molar-refractivity contribution in [3.05, 3.63) is 65.5 Å². The number of benzene rings is 1. The Morgan fingerprint density at radius 2 is 1.96 bits per heavy atom. The molecule has 0 spiro atoms. The van der Waals surface area contributed by atoms with Crippen molar-refractivity contribution in [2.45, 2.75) is 13.0 Å². The first-order valence-corrected chi connectivity index (χ1v) is 7.54. The van der Waals surface area contributed by atoms with Gasteiger partial charge in [-0.05, 0) is 29.8 Å². The molecular formula is C18H17N3O3. The molecule has 1 aromatic heterocycles. The number of carbonyl (C=O) groups is 2. The summed E-state index contributed by atoms with van der Waals surface area (Å²) in [5.74, 6) is -0.862. The van der Waals surface area contributed by atoms with Gasteiger partial charge in [-0.15, -0.1) is 0 Å². The molecule has 1 aliphatic rings. The lowest BCUT2D eigenvalue weighted by Gasteiger charge is -2.23. The molecule has 0 unspecified atom stereocenters. The number of amides is 2. The summed E-state index contributed by atoms with van der Waals surface area (Å²) in [5.41, 5.74) is 2.04. The molecule has 2 heterocycles. The van der Waals surface area contributed by atoms with Gasteiger partial charge in [-0.3, -0.25) is 14.6 Å². The molecule has 0 fully saturated rings. The monoisotopic (exact) mass is 323 g/mol. The molecule has 24 heavy (non-hydrogen) atoms. The molecule has 1 aliphatic heterocycles. The lowest BCUT2D eigenvalue weighted by molar-refractivity contribution is -0.121. The van der Waals surface area contributed by atoms with E-state index in [-0.39, 0.29) is 23.7 Å². The van der Waals surface area contributed by atoms with Crippen molar-refractivity contribution in [2.75, 3.05) is 11.9 Å². The predicted molar refractivity (Wildman–Crippen MR) is 90.1 cm³/mol. The molecule has 0 atom stereocenters. The maximum Gasteiger partial charge on any atom is 0.251 e. The SMILES string of the molecule is CNC(=O)C1=C(O)c2ccccc2N(Cc2ccncc2)C(=O)C1. The van der Waals surface area contributed by atoms with Crippen LogP contribution in [0.1, 0.15) is 17.5 Å². The van der Waals surface area contributed by atoms with E-state index in [0.717, 1.165) is 5.56 Å². The number of pyridine rings is 1. The summed E-state index contributed by atoms with van der Waals surface area (Å²) in [5, 5.41) is 13.0. The third-order valence-electron chi connectivity index (χ3n) is 3.96. The Hall–Kier alpha value is -3.15. The van der Waals surface area contributed by atoms with Gasteiger partial charge < -0.3 is 15.3 Å². The van der Waals surface area contributed by atoms with Crippen LogP contribution in [0.5, 0.6) is 0 Å². The van der Waals surface area contributed by atoms with Crippen LogP contribution in [-0.2, 0) is 16.1 Å². The Labute approximate surface area is 139 Å². The number of hydrogen-bond donors (Lipinski definition) is 2. The molecule has 3 rings (SSSR count). The predicted octanol–water partition coefficient (Wildman–Crippen LogP) is 2.03. The number of hydrogen-bond acceptors (Lipinski definition) is 4. The number of aromatic nitrogens is 1. The maximum absolute atomic E-state index is 12.7. The van der Waals surface area contributed by atoms with Crippen molar-refractivity contribution in [3.8, 4) is 0 Å². The lowest BCUT2D eigenvalue weighted by atomic mass is 10.1. The fourth-order valence-corrected chi connectivity index (χ4v) is 2.72. The fourth-order valence-electron chi connectivity index (χ4n) is 2.72. The van der Waals surface area contributed by atoms with Crippen molar-refractivity contribution in [2.24, 2.45) is 0 Å². The summed E-state index contributed by atoms with van der Waals surface area (Å²) in [6.07, 6.45) is 3.16. The van der Waals surface area contributed by atoms with E-state index in [4.69, 9.17) is 0 Å². The van der Waals surface area contributed by atoms with Crippen LogP contribution >= 0.6 is 0 Å². The molecule has 0 saturated heterocycles. The van der Waals surface area contributed by atoms with Gasteiger partial charge in [-0.25, -0.2) is 0 Å². The Morgan fingerprint density at radius 1 is 1.25 bits per heavy atom. The highest BCUT2D eigenvalue weighted by Crippen LogP contribution is 2.33. The molecule has 6 heteroatoms. The summed E-state index contributed by atoms with van der Waals surface area (Å²) in [6, 6.07) is 10.7. The second-order valence-corrected chi connectivity index (χ2v) is 5.44. The Bertz CT molecular complexity index is 815. The first-order valence-electron chi connectivity index (χ1n) is 7.54. The number of aliphatic hydroxyl groups excluding tert-OH is 1. The molecular weight excluding hydrogens is 306 g/mol. The highest BCUT2D eigenvalue weighted by atomic mass is 16.3. The quantitative estimate of drug-likeness (QED) is 0.905. The number of fused-ring (bicyclic) bond motifs is 1. The van der Waals surface area contributed by atoms with E-state index in [1.807, 2.05) is 12.1 Å². The van der Waals surface area contributed by atoms with E-state index in [1.165, 1.54) is 7.05 Å². The van der Waals surface area contributed by atoms with Gasteiger partial charge in [0.15, 0.2) is 0 Å². The Balaban J connectivity index is 2.08. The van der Waals surface area contributed by atoms with Crippen molar-refractivity contribution in [1.29, 1.82) is 0 Å². The van der Waals surface area contributed by atoms with Gasteiger partial charge >= 0.3 is 0 Å². The van der Waals surface area contributed by atoms with Gasteiger partial charge in [0.25, 0.3) is 5.91 Å². The Kier molecular flexibility index (Phi) is 4.29. The normalized spacial score (nSPS) is 14.2. The highest BCUT2D eigenvalue weighted by Gasteiger charge is 2.30. The number of carbonyl (C=O) groups excluding carboxylic acids is 2. The number of aliphatic hydroxyl groups is 1. The zero-order valence-electron chi connectivity index (χ0n) is 13.2. The first-order chi connectivity index (χ1) is 11.6. The van der Waals surface area contributed by atoms with Crippen LogP contribution in [0.2, 0.25) is 0 Å². The topological polar surface area (TPSA) is 82.5 Å². The van der Waals surface area contributed by atoms with Crippen LogP contribution < -0.4 is 10.2 Å². The van der Waals surface area contributed by atoms with Crippen LogP contribution in [0.25, 0.3) is 5.76 Å². The molecule has 2 aromatic rings. The van der Waals surface area contributed by atoms with Gasteiger partial charge in [-0.2, -0.15) is 0 Å². The van der Waals surface area contributed by atoms with Gasteiger partial charge in [0.05, 0.1) is 24.2 Å². The average molecular weight is 323 g/mol. The van der Waals surface area contributed by atoms with Crippen LogP contribution in [0.3, 0.4) is 0 Å². The van der Waals surface area contributed by atoms with Gasteiger partial charge in [-0.1, -0.05) is 12.1 Å². The molecule has 122 valence electrons. The van der Waals surface area contributed by atoms with Crippen LogP contribution in [-0.4, -0.2) is 29.0 Å². The number of likely N-dealkylation sites (N-methyl/N-ethyl adjacent to an activating group) is 1. The molecule has 0 aliphatic carbocycles. The lowest BCUT2D eigenvalue weighted by Crippen LogP contribution is -2.31. The summed E-state index contributed by atoms with van der Waals surface area (Å²) < 4.78 is 0. The number of anilines is 1. The average Bonchev–Trinajstić information content (AvgIpc) is 2.72. The number of nitrogens with one attached hydrogen (secondary N) is 1. The molecule has 0 radical (unpaired) electrons. The number of nitrogens with zero attached hydrogens (tertiary/aromatic N) is 2. The maximum atomic E-state index is 12.7. The van der Waals surface area contributed by atoms with E-state index in [0.29, 0.717) is 17.8 Å². The summed E-state index contributed by atoms with van der Waals surface area (Å²) in [4.78, 5) is 30.3. The molecule has 2 N–H and O–H groups in total. The zero-order valence-corrected chi connectivity index (χ0v) is 13.2. The van der Waals surface area contributed by atoms with Crippen LogP contribution in [0.15, 0.2) is 54.4 Å². The van der Waals surface area contributed by atoms with E-state index in [1.54, 1.807) is 41.6 Å². The Morgan fingerprint density at radius 3 is 2.67 bits per heavy atom. The third-order valence-corrected chi connectivity index (χ3v) is 3.96. The van der Waals surface area contributed by atoms with E-state index in [2.05, 4.69) is 10.3 Å². The molecule has 1 aromatic carbocycles. The molecule has 2 amide bonds. The van der Waals surface area contributed by atoms with Crippen LogP contribution in [0.4, 0.5) is 5.69 Å². The van der Waals surface area contributed by atoms with E-state index >= 15 is 0 Å². The molecule has 6 nitrogen and oxygen atoms in total. The largest absolute Gasteiger partial charge is 0.507 e. The minimum atomic E-state index is -0.457. The molecule has 0 saturated carbocycles. The number of rotatable bonds is 3. The van der Waals surface area contributed by atoms with Crippen molar-refractivity contribution < 1.29 is 14.7 Å². The van der Waals surface area contributed by atoms with E-state index in [9.17, 15) is 14.7 Å². The van der Waals surface area contributed by atoms with Crippen LogP contribution in [0, 0.1) is 0 Å². The smallest absolute Gasteiger partial charge is 0.251 e. The summed E-state index contributed by atoms with van der Waals surface area (Å²) >= 11 is 0. The second-order valence-electron chi connectivity index (χ2n) is 5.44. The minimum absolute atomic E-state index is 0.0761. The van der Waals surface area contributed by atoms with Crippen molar-refractivity contribution in [3.63, 3.8) is 0 Å². The first kappa shape index (κ1) is 15.7.